The minimum Gasteiger partial charge on any atom is -0.491 e. The van der Waals surface area contributed by atoms with E-state index in [1.54, 1.807) is 0 Å². The van der Waals surface area contributed by atoms with Crippen molar-refractivity contribution in [1.29, 1.82) is 0 Å². The molecular weight excluding hydrogens is 334 g/mol. The van der Waals surface area contributed by atoms with Gasteiger partial charge in [0.15, 0.2) is 0 Å². The third-order valence-electron chi connectivity index (χ3n) is 4.74. The third kappa shape index (κ3) is 4.76. The Hall–Kier alpha value is -3.07. The Morgan fingerprint density at radius 1 is 0.852 bits per heavy atom. The Kier molecular flexibility index (Phi) is 6.26. The molecule has 3 nitrogen and oxygen atoms in total. The number of amides is 1. The fourth-order valence-electron chi connectivity index (χ4n) is 3.10. The average Bonchev–Trinajstić information content (AvgIpc) is 2.70. The molecule has 3 rings (SSSR count). The molecule has 0 radical (unpaired) electrons. The quantitative estimate of drug-likeness (QED) is 0.625. The molecule has 0 atom stereocenters. The van der Waals surface area contributed by atoms with Crippen molar-refractivity contribution in [3.63, 3.8) is 0 Å². The van der Waals surface area contributed by atoms with Crippen LogP contribution in [0.4, 0.5) is 0 Å². The van der Waals surface area contributed by atoms with Gasteiger partial charge in [0.2, 0.25) is 5.91 Å². The van der Waals surface area contributed by atoms with Crippen LogP contribution >= 0.6 is 0 Å². The van der Waals surface area contributed by atoms with E-state index >= 15 is 0 Å². The Bertz CT molecular complexity index is 836. The van der Waals surface area contributed by atoms with Gasteiger partial charge < -0.3 is 10.1 Å². The minimum absolute atomic E-state index is 0.0167. The minimum atomic E-state index is -0.326. The molecule has 0 fully saturated rings. The first-order chi connectivity index (χ1) is 13.2. The second-order valence-corrected chi connectivity index (χ2v) is 6.59. The number of carbonyl (C=O) groups excluding carboxylic acids is 1. The highest BCUT2D eigenvalue weighted by atomic mass is 16.5. The molecular formula is C24H25NO2. The van der Waals surface area contributed by atoms with Crippen LogP contribution < -0.4 is 10.1 Å². The molecule has 0 aliphatic heterocycles. The summed E-state index contributed by atoms with van der Waals surface area (Å²) in [6.07, 6.45) is 0. The van der Waals surface area contributed by atoms with Crippen LogP contribution in [0.2, 0.25) is 0 Å². The van der Waals surface area contributed by atoms with Crippen molar-refractivity contribution in [3.05, 3.63) is 101 Å². The summed E-state index contributed by atoms with van der Waals surface area (Å²) >= 11 is 0. The van der Waals surface area contributed by atoms with E-state index in [1.807, 2.05) is 79.7 Å². The number of hydrogen-bond acceptors (Lipinski definition) is 2. The highest BCUT2D eigenvalue weighted by Gasteiger charge is 2.22. The molecule has 0 aliphatic rings. The van der Waals surface area contributed by atoms with Gasteiger partial charge in [-0.1, -0.05) is 72.8 Å². The predicted molar refractivity (Wildman–Crippen MR) is 109 cm³/mol. The molecule has 0 heterocycles. The maximum Gasteiger partial charge on any atom is 0.232 e. The summed E-state index contributed by atoms with van der Waals surface area (Å²) in [5, 5.41) is 3.02. The first-order valence-electron chi connectivity index (χ1n) is 9.23. The van der Waals surface area contributed by atoms with Crippen molar-refractivity contribution in [2.24, 2.45) is 0 Å². The lowest BCUT2D eigenvalue weighted by Gasteiger charge is -2.18. The summed E-state index contributed by atoms with van der Waals surface area (Å²) in [7, 11) is 0. The number of carbonyl (C=O) groups is 1. The Labute approximate surface area is 161 Å². The van der Waals surface area contributed by atoms with Gasteiger partial charge in [-0.2, -0.15) is 0 Å². The highest BCUT2D eigenvalue weighted by Crippen LogP contribution is 2.24. The topological polar surface area (TPSA) is 38.3 Å². The molecule has 0 saturated carbocycles. The maximum absolute atomic E-state index is 12.9. The van der Waals surface area contributed by atoms with Crippen LogP contribution in [0.5, 0.6) is 5.75 Å². The molecule has 0 aromatic heterocycles. The third-order valence-corrected chi connectivity index (χ3v) is 4.74. The van der Waals surface area contributed by atoms with Crippen LogP contribution in [0.1, 0.15) is 28.2 Å². The van der Waals surface area contributed by atoms with Crippen molar-refractivity contribution in [1.82, 2.24) is 5.32 Å². The molecule has 0 saturated heterocycles. The zero-order valence-corrected chi connectivity index (χ0v) is 15.8. The van der Waals surface area contributed by atoms with E-state index in [2.05, 4.69) is 18.3 Å². The number of rotatable bonds is 7. The van der Waals surface area contributed by atoms with Gasteiger partial charge in [-0.05, 0) is 42.2 Å². The van der Waals surface area contributed by atoms with E-state index in [1.165, 1.54) is 5.56 Å². The number of ether oxygens (including phenoxy) is 1. The smallest absolute Gasteiger partial charge is 0.232 e. The van der Waals surface area contributed by atoms with Crippen LogP contribution in [0.25, 0.3) is 0 Å². The number of nitrogens with one attached hydrogen (secondary N) is 1. The highest BCUT2D eigenvalue weighted by molar-refractivity contribution is 5.87. The fraction of sp³-hybridized carbons (Fsp3) is 0.208. The molecule has 1 N–H and O–H groups in total. The number of aryl methyl sites for hydroxylation is 1. The van der Waals surface area contributed by atoms with Crippen molar-refractivity contribution in [2.75, 3.05) is 13.2 Å². The van der Waals surface area contributed by atoms with Gasteiger partial charge in [0.25, 0.3) is 0 Å². The SMILES string of the molecule is Cc1cccc(OCCNC(=O)C(c2ccccc2)c2ccccc2)c1C. The monoisotopic (exact) mass is 359 g/mol. The van der Waals surface area contributed by atoms with Gasteiger partial charge in [0, 0.05) is 0 Å². The van der Waals surface area contributed by atoms with Crippen LogP contribution in [0.3, 0.4) is 0 Å². The van der Waals surface area contributed by atoms with Gasteiger partial charge in [0.05, 0.1) is 12.5 Å². The van der Waals surface area contributed by atoms with Crippen LogP contribution in [0, 0.1) is 13.8 Å². The lowest BCUT2D eigenvalue weighted by Crippen LogP contribution is -2.33. The summed E-state index contributed by atoms with van der Waals surface area (Å²) < 4.78 is 5.84. The zero-order chi connectivity index (χ0) is 19.1. The molecule has 138 valence electrons. The second-order valence-electron chi connectivity index (χ2n) is 6.59. The van der Waals surface area contributed by atoms with Crippen LogP contribution in [0.15, 0.2) is 78.9 Å². The van der Waals surface area contributed by atoms with E-state index in [-0.39, 0.29) is 11.8 Å². The summed E-state index contributed by atoms with van der Waals surface area (Å²) in [4.78, 5) is 12.9. The predicted octanol–water partition coefficient (Wildman–Crippen LogP) is 4.63. The van der Waals surface area contributed by atoms with Crippen molar-refractivity contribution < 1.29 is 9.53 Å². The van der Waals surface area contributed by atoms with Crippen LogP contribution in [-0.4, -0.2) is 19.1 Å². The normalized spacial score (nSPS) is 10.6. The van der Waals surface area contributed by atoms with Gasteiger partial charge in [-0.3, -0.25) is 4.79 Å². The molecule has 0 bridgehead atoms. The second kappa shape index (κ2) is 9.04. The number of hydrogen-bond donors (Lipinski definition) is 1. The molecule has 3 aromatic carbocycles. The van der Waals surface area contributed by atoms with E-state index in [0.29, 0.717) is 13.2 Å². The standard InChI is InChI=1S/C24H25NO2/c1-18-10-9-15-22(19(18)2)27-17-16-25-24(26)23(20-11-5-3-6-12-20)21-13-7-4-8-14-21/h3-15,23H,16-17H2,1-2H3,(H,25,26). The van der Waals surface area contributed by atoms with Crippen molar-refractivity contribution in [3.8, 4) is 5.75 Å². The molecule has 0 aliphatic carbocycles. The first-order valence-corrected chi connectivity index (χ1v) is 9.23. The number of benzene rings is 3. The summed E-state index contributed by atoms with van der Waals surface area (Å²) in [6.45, 7) is 5.01. The summed E-state index contributed by atoms with van der Waals surface area (Å²) in [6, 6.07) is 25.7. The van der Waals surface area contributed by atoms with Gasteiger partial charge in [-0.25, -0.2) is 0 Å². The Morgan fingerprint density at radius 3 is 2.04 bits per heavy atom. The summed E-state index contributed by atoms with van der Waals surface area (Å²) in [5.41, 5.74) is 4.30. The van der Waals surface area contributed by atoms with Gasteiger partial charge in [-0.15, -0.1) is 0 Å². The van der Waals surface area contributed by atoms with E-state index in [9.17, 15) is 4.79 Å². The molecule has 3 aromatic rings. The maximum atomic E-state index is 12.9. The molecule has 3 heteroatoms. The lowest BCUT2D eigenvalue weighted by atomic mass is 9.90. The molecule has 0 spiro atoms. The Balaban J connectivity index is 1.64. The fourth-order valence-corrected chi connectivity index (χ4v) is 3.10. The average molecular weight is 359 g/mol. The van der Waals surface area contributed by atoms with Gasteiger partial charge in [0.1, 0.15) is 12.4 Å². The van der Waals surface area contributed by atoms with E-state index in [4.69, 9.17) is 4.74 Å². The Morgan fingerprint density at radius 2 is 1.44 bits per heavy atom. The van der Waals surface area contributed by atoms with E-state index in [0.717, 1.165) is 22.4 Å². The van der Waals surface area contributed by atoms with Crippen molar-refractivity contribution in [2.45, 2.75) is 19.8 Å². The van der Waals surface area contributed by atoms with E-state index < -0.39 is 0 Å². The molecule has 1 amide bonds. The molecule has 27 heavy (non-hydrogen) atoms. The first kappa shape index (κ1) is 18.7. The van der Waals surface area contributed by atoms with Gasteiger partial charge >= 0.3 is 0 Å². The largest absolute Gasteiger partial charge is 0.491 e. The lowest BCUT2D eigenvalue weighted by molar-refractivity contribution is -0.121. The molecule has 0 unspecified atom stereocenters. The summed E-state index contributed by atoms with van der Waals surface area (Å²) in [5.74, 6) is 0.525. The zero-order valence-electron chi connectivity index (χ0n) is 15.8. The van der Waals surface area contributed by atoms with Crippen molar-refractivity contribution >= 4 is 5.91 Å². The van der Waals surface area contributed by atoms with Crippen LogP contribution in [-0.2, 0) is 4.79 Å².